The number of thioether (sulfide) groups is 1. The van der Waals surface area contributed by atoms with Gasteiger partial charge < -0.3 is 15.7 Å². The third-order valence-corrected chi connectivity index (χ3v) is 7.91. The molecule has 1 aliphatic rings. The minimum Gasteiger partial charge on any atom is -0.478 e. The number of carbonyl (C=O) groups is 3. The number of hydrogen-bond acceptors (Lipinski definition) is 6. The van der Waals surface area contributed by atoms with Gasteiger partial charge >= 0.3 is 5.97 Å². The number of anilines is 2. The van der Waals surface area contributed by atoms with Gasteiger partial charge in [0.15, 0.2) is 0 Å². The van der Waals surface area contributed by atoms with E-state index in [-0.39, 0.29) is 11.7 Å². The molecule has 0 aliphatic heterocycles. The van der Waals surface area contributed by atoms with Crippen molar-refractivity contribution < 1.29 is 19.5 Å². The molecule has 3 N–H and O–H groups in total. The lowest BCUT2D eigenvalue weighted by Crippen LogP contribution is -2.14. The number of benzene rings is 2. The maximum atomic E-state index is 12.7. The fourth-order valence-corrected chi connectivity index (χ4v) is 6.16. The van der Waals surface area contributed by atoms with E-state index >= 15 is 0 Å². The Hall–Kier alpha value is -3.87. The number of aliphatic carboxylic acids is 1. The van der Waals surface area contributed by atoms with E-state index < -0.39 is 11.9 Å². The average Bonchev–Trinajstić information content (AvgIpc) is 3.23. The van der Waals surface area contributed by atoms with Gasteiger partial charge in [0.1, 0.15) is 11.1 Å². The number of carboxylic acid groups (broad SMARTS) is 1. The van der Waals surface area contributed by atoms with Crippen molar-refractivity contribution in [3.63, 3.8) is 0 Å². The molecule has 0 radical (unpaired) electrons. The summed E-state index contributed by atoms with van der Waals surface area (Å²) in [7, 11) is 0. The molecule has 1 atom stereocenters. The molecule has 1 aliphatic carbocycles. The smallest absolute Gasteiger partial charge is 0.328 e. The second-order valence-corrected chi connectivity index (χ2v) is 10.3. The van der Waals surface area contributed by atoms with Crippen LogP contribution in [0.25, 0.3) is 0 Å². The molecule has 4 rings (SSSR count). The van der Waals surface area contributed by atoms with Gasteiger partial charge in [0.05, 0.1) is 11.3 Å². The van der Waals surface area contributed by atoms with Crippen LogP contribution in [-0.4, -0.2) is 28.6 Å². The zero-order valence-electron chi connectivity index (χ0n) is 19.2. The van der Waals surface area contributed by atoms with Gasteiger partial charge in [-0.2, -0.15) is 5.26 Å². The summed E-state index contributed by atoms with van der Waals surface area (Å²) in [6.45, 7) is 0. The first-order valence-electron chi connectivity index (χ1n) is 11.3. The lowest BCUT2D eigenvalue weighted by atomic mass is 9.83. The Morgan fingerprint density at radius 1 is 1.11 bits per heavy atom. The second kappa shape index (κ2) is 11.7. The van der Waals surface area contributed by atoms with Crippen molar-refractivity contribution in [2.75, 3.05) is 16.4 Å². The molecule has 0 fully saturated rings. The highest BCUT2D eigenvalue weighted by Crippen LogP contribution is 2.42. The Kier molecular flexibility index (Phi) is 8.21. The van der Waals surface area contributed by atoms with Crippen molar-refractivity contribution in [1.82, 2.24) is 0 Å². The predicted octanol–water partition coefficient (Wildman–Crippen LogP) is 5.20. The second-order valence-electron chi connectivity index (χ2n) is 8.20. The molecule has 0 bridgehead atoms. The molecule has 1 aromatic heterocycles. The van der Waals surface area contributed by atoms with Crippen LogP contribution in [0.15, 0.2) is 71.6 Å². The normalized spacial score (nSPS) is 14.6. The van der Waals surface area contributed by atoms with Crippen LogP contribution in [0.3, 0.4) is 0 Å². The fraction of sp³-hybridized carbons (Fsp3) is 0.185. The zero-order chi connectivity index (χ0) is 25.5. The van der Waals surface area contributed by atoms with Crippen molar-refractivity contribution in [3.8, 4) is 6.07 Å². The molecule has 7 nitrogen and oxygen atoms in total. The summed E-state index contributed by atoms with van der Waals surface area (Å²) in [5.74, 6) is -1.43. The summed E-state index contributed by atoms with van der Waals surface area (Å²) in [6, 6.07) is 19.6. The minimum atomic E-state index is -1.21. The molecule has 2 aromatic carbocycles. The first-order valence-corrected chi connectivity index (χ1v) is 13.1. The SMILES string of the molecule is N#Cc1c(NC(=O)CSc2cccc(NC(=O)/C=C/C(=O)O)c2)sc2c1CCC(c1ccccc1)C2. The molecule has 36 heavy (non-hydrogen) atoms. The van der Waals surface area contributed by atoms with E-state index in [0.717, 1.165) is 46.8 Å². The van der Waals surface area contributed by atoms with Gasteiger partial charge in [0.2, 0.25) is 11.8 Å². The zero-order valence-corrected chi connectivity index (χ0v) is 20.8. The van der Waals surface area contributed by atoms with Crippen LogP contribution in [0.4, 0.5) is 10.7 Å². The van der Waals surface area contributed by atoms with Gasteiger partial charge in [-0.15, -0.1) is 23.1 Å². The van der Waals surface area contributed by atoms with Gasteiger partial charge in [-0.1, -0.05) is 36.4 Å². The van der Waals surface area contributed by atoms with Crippen molar-refractivity contribution in [3.05, 3.63) is 88.3 Å². The van der Waals surface area contributed by atoms with E-state index in [1.165, 1.54) is 28.7 Å². The van der Waals surface area contributed by atoms with Crippen LogP contribution in [0.2, 0.25) is 0 Å². The third kappa shape index (κ3) is 6.42. The number of nitrogens with zero attached hydrogens (tertiary/aromatic N) is 1. The number of amides is 2. The average molecular weight is 518 g/mol. The van der Waals surface area contributed by atoms with Crippen LogP contribution in [0.5, 0.6) is 0 Å². The molecule has 0 saturated carbocycles. The lowest BCUT2D eigenvalue weighted by Gasteiger charge is -2.22. The highest BCUT2D eigenvalue weighted by atomic mass is 32.2. The molecule has 182 valence electrons. The van der Waals surface area contributed by atoms with Crippen molar-refractivity contribution in [2.45, 2.75) is 30.1 Å². The molecule has 1 unspecified atom stereocenters. The number of nitriles is 1. The Balaban J connectivity index is 1.37. The van der Waals surface area contributed by atoms with Gasteiger partial charge in [-0.05, 0) is 54.5 Å². The van der Waals surface area contributed by atoms with E-state index in [0.29, 0.717) is 22.2 Å². The summed E-state index contributed by atoms with van der Waals surface area (Å²) in [6.07, 6.45) is 4.36. The third-order valence-electron chi connectivity index (χ3n) is 5.75. The Labute approximate surface area is 216 Å². The molecule has 2 amide bonds. The van der Waals surface area contributed by atoms with E-state index in [2.05, 4.69) is 28.8 Å². The first-order chi connectivity index (χ1) is 17.4. The van der Waals surface area contributed by atoms with Crippen LogP contribution >= 0.6 is 23.1 Å². The Bertz CT molecular complexity index is 1360. The summed E-state index contributed by atoms with van der Waals surface area (Å²) in [5.41, 5.74) is 3.41. The van der Waals surface area contributed by atoms with Crippen molar-refractivity contribution in [1.29, 1.82) is 5.26 Å². The number of rotatable bonds is 8. The monoisotopic (exact) mass is 517 g/mol. The molecule has 0 saturated heterocycles. The number of hydrogen-bond donors (Lipinski definition) is 3. The lowest BCUT2D eigenvalue weighted by molar-refractivity contribution is -0.131. The summed E-state index contributed by atoms with van der Waals surface area (Å²) >= 11 is 2.79. The summed E-state index contributed by atoms with van der Waals surface area (Å²) in [4.78, 5) is 36.9. The maximum absolute atomic E-state index is 12.7. The molecule has 0 spiro atoms. The molecular formula is C27H23N3O4S2. The highest BCUT2D eigenvalue weighted by molar-refractivity contribution is 8.00. The summed E-state index contributed by atoms with van der Waals surface area (Å²) < 4.78 is 0. The van der Waals surface area contributed by atoms with Crippen LogP contribution in [0, 0.1) is 11.3 Å². The van der Waals surface area contributed by atoms with Crippen LogP contribution in [0.1, 0.15) is 33.9 Å². The minimum absolute atomic E-state index is 0.135. The standard InChI is InChI=1S/C27H23N3O4S2/c28-15-22-21-10-9-18(17-5-2-1-3-6-17)13-23(21)36-27(22)30-25(32)16-35-20-8-4-7-19(14-20)29-24(31)11-12-26(33)34/h1-8,11-12,14,18H,9-10,13,16H2,(H,29,31)(H,30,32)(H,33,34)/b12-11+. The number of fused-ring (bicyclic) bond motifs is 1. The van der Waals surface area contributed by atoms with E-state index in [9.17, 15) is 19.6 Å². The van der Waals surface area contributed by atoms with E-state index in [1.807, 2.05) is 24.3 Å². The number of nitrogens with one attached hydrogen (secondary N) is 2. The van der Waals surface area contributed by atoms with Crippen LogP contribution in [-0.2, 0) is 27.2 Å². The van der Waals surface area contributed by atoms with Crippen molar-refractivity contribution in [2.24, 2.45) is 0 Å². The Morgan fingerprint density at radius 3 is 2.67 bits per heavy atom. The predicted molar refractivity (Wildman–Crippen MR) is 141 cm³/mol. The number of carbonyl (C=O) groups excluding carboxylic acids is 2. The van der Waals surface area contributed by atoms with E-state index in [1.54, 1.807) is 18.2 Å². The highest BCUT2D eigenvalue weighted by Gasteiger charge is 2.27. The van der Waals surface area contributed by atoms with Gasteiger partial charge in [-0.25, -0.2) is 4.79 Å². The van der Waals surface area contributed by atoms with Gasteiger partial charge in [-0.3, -0.25) is 9.59 Å². The van der Waals surface area contributed by atoms with Crippen molar-refractivity contribution >= 4 is 51.6 Å². The quantitative estimate of drug-likeness (QED) is 0.279. The topological polar surface area (TPSA) is 119 Å². The first kappa shape index (κ1) is 25.2. The molecule has 9 heteroatoms. The number of carboxylic acids is 1. The van der Waals surface area contributed by atoms with E-state index in [4.69, 9.17) is 5.11 Å². The largest absolute Gasteiger partial charge is 0.478 e. The molecular weight excluding hydrogens is 494 g/mol. The number of thiophene rings is 1. The molecule has 3 aromatic rings. The van der Waals surface area contributed by atoms with Gasteiger partial charge in [0, 0.05) is 27.6 Å². The van der Waals surface area contributed by atoms with Gasteiger partial charge in [0.25, 0.3) is 0 Å². The van der Waals surface area contributed by atoms with Crippen LogP contribution < -0.4 is 10.6 Å². The molecule has 1 heterocycles. The summed E-state index contributed by atoms with van der Waals surface area (Å²) in [5, 5.41) is 24.5. The maximum Gasteiger partial charge on any atom is 0.328 e. The fourth-order valence-electron chi connectivity index (χ4n) is 4.11. The Morgan fingerprint density at radius 2 is 1.92 bits per heavy atom.